The van der Waals surface area contributed by atoms with Gasteiger partial charge < -0.3 is 9.47 Å². The number of benzene rings is 2. The second kappa shape index (κ2) is 10.2. The number of hydrazine groups is 1. The first-order valence-corrected chi connectivity index (χ1v) is 11.2. The van der Waals surface area contributed by atoms with Gasteiger partial charge in [-0.25, -0.2) is 0 Å². The van der Waals surface area contributed by atoms with E-state index in [0.29, 0.717) is 23.0 Å². The number of amides is 2. The van der Waals surface area contributed by atoms with E-state index >= 15 is 0 Å². The van der Waals surface area contributed by atoms with E-state index in [0.717, 1.165) is 22.3 Å². The van der Waals surface area contributed by atoms with Gasteiger partial charge in [-0.15, -0.1) is 0 Å². The molecule has 2 amide bonds. The van der Waals surface area contributed by atoms with Gasteiger partial charge in [-0.05, 0) is 68.9 Å². The summed E-state index contributed by atoms with van der Waals surface area (Å²) >= 11 is 12.4. The zero-order valence-corrected chi connectivity index (χ0v) is 19.6. The molecule has 6 nitrogen and oxygen atoms in total. The first kappa shape index (κ1) is 23.1. The maximum atomic E-state index is 12.8. The summed E-state index contributed by atoms with van der Waals surface area (Å²) in [4.78, 5) is 25.7. The van der Waals surface area contributed by atoms with Crippen molar-refractivity contribution < 1.29 is 19.1 Å². The first-order chi connectivity index (χ1) is 14.8. The number of thioether (sulfide) groups is 1. The largest absolute Gasteiger partial charge is 0.490 e. The summed E-state index contributed by atoms with van der Waals surface area (Å²) in [7, 11) is 0. The Bertz CT molecular complexity index is 1060. The molecule has 9 heteroatoms. The van der Waals surface area contributed by atoms with E-state index in [1.165, 1.54) is 0 Å². The zero-order chi connectivity index (χ0) is 22.5. The van der Waals surface area contributed by atoms with Crippen LogP contribution in [0.15, 0.2) is 47.4 Å². The average Bonchev–Trinajstić information content (AvgIpc) is 2.97. The van der Waals surface area contributed by atoms with Crippen molar-refractivity contribution in [2.75, 3.05) is 6.61 Å². The van der Waals surface area contributed by atoms with Gasteiger partial charge in [0, 0.05) is 0 Å². The predicted octanol–water partition coefficient (Wildman–Crippen LogP) is 5.07. The Morgan fingerprint density at radius 2 is 2.00 bits per heavy atom. The Hall–Kier alpha value is -2.55. The molecule has 1 saturated heterocycles. The number of nitrogens with one attached hydrogen (secondary N) is 1. The molecule has 0 atom stereocenters. The second-order valence-corrected chi connectivity index (χ2v) is 8.83. The van der Waals surface area contributed by atoms with Crippen LogP contribution < -0.4 is 14.9 Å². The normalized spacial score (nSPS) is 15.0. The van der Waals surface area contributed by atoms with Crippen molar-refractivity contribution in [1.29, 1.82) is 0 Å². The van der Waals surface area contributed by atoms with Crippen LogP contribution in [0.2, 0.25) is 5.02 Å². The van der Waals surface area contributed by atoms with Gasteiger partial charge in [-0.1, -0.05) is 41.6 Å². The van der Waals surface area contributed by atoms with Crippen LogP contribution in [0.5, 0.6) is 11.5 Å². The Morgan fingerprint density at radius 1 is 1.26 bits per heavy atom. The molecule has 2 aromatic rings. The standard InChI is InChI=1S/C22H21ClN2O4S2/c1-4-28-18-11-14(9-10-17(18)29-13(2)3)12-19-21(27)25(22(30)31-19)24-20(26)15-7-5-6-8-16(15)23/h5-13H,4H2,1-3H3,(H,24,26)/b19-12-. The van der Waals surface area contributed by atoms with Gasteiger partial charge >= 0.3 is 0 Å². The van der Waals surface area contributed by atoms with Gasteiger partial charge in [0.05, 0.1) is 28.2 Å². The molecule has 3 rings (SSSR count). The van der Waals surface area contributed by atoms with Crippen molar-refractivity contribution in [3.05, 3.63) is 63.5 Å². The van der Waals surface area contributed by atoms with Gasteiger partial charge in [0.2, 0.25) is 0 Å². The lowest BCUT2D eigenvalue weighted by atomic mass is 10.2. The lowest BCUT2D eigenvalue weighted by molar-refractivity contribution is -0.123. The highest BCUT2D eigenvalue weighted by molar-refractivity contribution is 8.26. The fourth-order valence-corrected chi connectivity index (χ4v) is 4.16. The summed E-state index contributed by atoms with van der Waals surface area (Å²) in [5.74, 6) is 0.286. The van der Waals surface area contributed by atoms with Gasteiger partial charge in [0.15, 0.2) is 15.8 Å². The molecule has 0 bridgehead atoms. The van der Waals surface area contributed by atoms with E-state index in [4.69, 9.17) is 33.3 Å². The van der Waals surface area contributed by atoms with Crippen LogP contribution in [0, 0.1) is 0 Å². The maximum Gasteiger partial charge on any atom is 0.285 e. The minimum atomic E-state index is -0.517. The number of halogens is 1. The number of rotatable bonds is 7. The molecule has 1 fully saturated rings. The summed E-state index contributed by atoms with van der Waals surface area (Å²) in [5.41, 5.74) is 3.53. The minimum absolute atomic E-state index is 0.00281. The third kappa shape index (κ3) is 5.58. The molecule has 31 heavy (non-hydrogen) atoms. The van der Waals surface area contributed by atoms with Crippen molar-refractivity contribution >= 4 is 57.8 Å². The van der Waals surface area contributed by atoms with Crippen molar-refractivity contribution in [2.45, 2.75) is 26.9 Å². The quantitative estimate of drug-likeness (QED) is 0.444. The molecule has 0 unspecified atom stereocenters. The van der Waals surface area contributed by atoms with Gasteiger partial charge in [-0.2, -0.15) is 5.01 Å². The number of hydrogen-bond acceptors (Lipinski definition) is 6. The Balaban J connectivity index is 1.80. The molecule has 0 aliphatic carbocycles. The molecule has 1 aliphatic heterocycles. The van der Waals surface area contributed by atoms with E-state index in [-0.39, 0.29) is 21.0 Å². The van der Waals surface area contributed by atoms with E-state index in [9.17, 15) is 9.59 Å². The van der Waals surface area contributed by atoms with E-state index < -0.39 is 11.8 Å². The average molecular weight is 477 g/mol. The van der Waals surface area contributed by atoms with Crippen molar-refractivity contribution in [2.24, 2.45) is 0 Å². The molecule has 0 saturated carbocycles. The zero-order valence-electron chi connectivity index (χ0n) is 17.2. The number of carbonyl (C=O) groups excluding carboxylic acids is 2. The highest BCUT2D eigenvalue weighted by atomic mass is 35.5. The number of hydrogen-bond donors (Lipinski definition) is 1. The SMILES string of the molecule is CCOc1cc(/C=C2\SC(=S)N(NC(=O)c3ccccc3Cl)C2=O)ccc1OC(C)C. The number of thiocarbonyl (C=S) groups is 1. The van der Waals surface area contributed by atoms with Crippen molar-refractivity contribution in [3.63, 3.8) is 0 Å². The maximum absolute atomic E-state index is 12.8. The van der Waals surface area contributed by atoms with Crippen LogP contribution in [0.4, 0.5) is 0 Å². The molecule has 0 aromatic heterocycles. The third-order valence-electron chi connectivity index (χ3n) is 4.05. The molecule has 1 N–H and O–H groups in total. The monoisotopic (exact) mass is 476 g/mol. The molecule has 0 spiro atoms. The highest BCUT2D eigenvalue weighted by Gasteiger charge is 2.34. The molecule has 162 valence electrons. The van der Waals surface area contributed by atoms with Crippen LogP contribution in [-0.4, -0.2) is 33.9 Å². The third-order valence-corrected chi connectivity index (χ3v) is 5.69. The lowest BCUT2D eigenvalue weighted by Crippen LogP contribution is -2.44. The molecular weight excluding hydrogens is 456 g/mol. The Labute approximate surface area is 195 Å². The highest BCUT2D eigenvalue weighted by Crippen LogP contribution is 2.34. The lowest BCUT2D eigenvalue weighted by Gasteiger charge is -2.16. The molecular formula is C22H21ClN2O4S2. The summed E-state index contributed by atoms with van der Waals surface area (Å²) in [6, 6.07) is 12.0. The van der Waals surface area contributed by atoms with Gasteiger partial charge in [0.25, 0.3) is 11.8 Å². The smallest absolute Gasteiger partial charge is 0.285 e. The van der Waals surface area contributed by atoms with Crippen LogP contribution in [0.1, 0.15) is 36.7 Å². The summed E-state index contributed by atoms with van der Waals surface area (Å²) in [5, 5.41) is 1.34. The van der Waals surface area contributed by atoms with E-state index in [1.54, 1.807) is 42.5 Å². The van der Waals surface area contributed by atoms with Crippen molar-refractivity contribution in [1.82, 2.24) is 10.4 Å². The number of ether oxygens (including phenoxy) is 2. The molecule has 0 radical (unpaired) electrons. The van der Waals surface area contributed by atoms with E-state index in [1.807, 2.05) is 26.8 Å². The van der Waals surface area contributed by atoms with Gasteiger partial charge in [0.1, 0.15) is 0 Å². The summed E-state index contributed by atoms with van der Waals surface area (Å²) in [6.07, 6.45) is 1.70. The van der Waals surface area contributed by atoms with Crippen LogP contribution in [-0.2, 0) is 4.79 Å². The Morgan fingerprint density at radius 3 is 2.68 bits per heavy atom. The van der Waals surface area contributed by atoms with Crippen LogP contribution in [0.25, 0.3) is 6.08 Å². The topological polar surface area (TPSA) is 67.9 Å². The summed E-state index contributed by atoms with van der Waals surface area (Å²) < 4.78 is 11.7. The van der Waals surface area contributed by atoms with Crippen LogP contribution >= 0.6 is 35.6 Å². The number of nitrogens with zero attached hydrogens (tertiary/aromatic N) is 1. The van der Waals surface area contributed by atoms with Crippen LogP contribution in [0.3, 0.4) is 0 Å². The molecule has 1 aliphatic rings. The minimum Gasteiger partial charge on any atom is -0.490 e. The number of carbonyl (C=O) groups is 2. The fraction of sp³-hybridized carbons (Fsp3) is 0.227. The van der Waals surface area contributed by atoms with E-state index in [2.05, 4.69) is 5.43 Å². The van der Waals surface area contributed by atoms with Gasteiger partial charge in [-0.3, -0.25) is 15.0 Å². The molecule has 1 heterocycles. The fourth-order valence-electron chi connectivity index (χ4n) is 2.76. The predicted molar refractivity (Wildman–Crippen MR) is 127 cm³/mol. The van der Waals surface area contributed by atoms with Crippen molar-refractivity contribution in [3.8, 4) is 11.5 Å². The Kier molecular flexibility index (Phi) is 7.59. The first-order valence-electron chi connectivity index (χ1n) is 9.57. The molecule has 2 aromatic carbocycles. The summed E-state index contributed by atoms with van der Waals surface area (Å²) in [6.45, 7) is 6.24. The second-order valence-electron chi connectivity index (χ2n) is 6.74.